The molecule has 1 heterocycles. The van der Waals surface area contributed by atoms with Gasteiger partial charge >= 0.3 is 6.03 Å². The predicted octanol–water partition coefficient (Wildman–Crippen LogP) is 2.06. The molecule has 1 aliphatic heterocycles. The molecule has 2 fully saturated rings. The van der Waals surface area contributed by atoms with Crippen molar-refractivity contribution in [1.29, 1.82) is 0 Å². The monoisotopic (exact) mass is 253 g/mol. The van der Waals surface area contributed by atoms with E-state index in [9.17, 15) is 4.79 Å². The number of nitrogens with one attached hydrogen (secondary N) is 1. The summed E-state index contributed by atoms with van der Waals surface area (Å²) in [5, 5.41) is 3.20. The average molecular weight is 253 g/mol. The van der Waals surface area contributed by atoms with Gasteiger partial charge in [-0.2, -0.15) is 0 Å². The number of rotatable bonds is 3. The molecule has 1 saturated heterocycles. The van der Waals surface area contributed by atoms with Gasteiger partial charge in [-0.3, -0.25) is 4.90 Å². The molecule has 1 aliphatic carbocycles. The fourth-order valence-electron chi connectivity index (χ4n) is 3.00. The molecule has 0 unspecified atom stereocenters. The molecule has 4 nitrogen and oxygen atoms in total. The summed E-state index contributed by atoms with van der Waals surface area (Å²) in [6.45, 7) is 7.22. The maximum absolute atomic E-state index is 12.1. The van der Waals surface area contributed by atoms with Crippen LogP contribution in [0, 0.1) is 0 Å². The summed E-state index contributed by atoms with van der Waals surface area (Å²) >= 11 is 0. The summed E-state index contributed by atoms with van der Waals surface area (Å²) in [6.07, 6.45) is 7.42. The molecule has 2 amide bonds. The van der Waals surface area contributed by atoms with E-state index in [0.717, 1.165) is 32.7 Å². The van der Waals surface area contributed by atoms with Crippen LogP contribution in [0.15, 0.2) is 0 Å². The Balaban J connectivity index is 1.70. The molecule has 0 atom stereocenters. The van der Waals surface area contributed by atoms with Crippen molar-refractivity contribution in [3.05, 3.63) is 0 Å². The first-order chi connectivity index (χ1) is 8.79. The van der Waals surface area contributed by atoms with Crippen molar-refractivity contribution in [3.63, 3.8) is 0 Å². The Morgan fingerprint density at radius 3 is 2.39 bits per heavy atom. The minimum Gasteiger partial charge on any atom is -0.335 e. The van der Waals surface area contributed by atoms with Gasteiger partial charge in [0.2, 0.25) is 0 Å². The maximum Gasteiger partial charge on any atom is 0.317 e. The van der Waals surface area contributed by atoms with Gasteiger partial charge in [0, 0.05) is 32.2 Å². The van der Waals surface area contributed by atoms with Crippen molar-refractivity contribution in [2.75, 3.05) is 32.7 Å². The van der Waals surface area contributed by atoms with Crippen LogP contribution in [0.1, 0.15) is 45.4 Å². The zero-order chi connectivity index (χ0) is 12.8. The Hall–Kier alpha value is -0.770. The third-order valence-corrected chi connectivity index (χ3v) is 4.13. The molecule has 2 aliphatic rings. The zero-order valence-corrected chi connectivity index (χ0v) is 11.7. The van der Waals surface area contributed by atoms with E-state index in [-0.39, 0.29) is 6.03 Å². The van der Waals surface area contributed by atoms with E-state index in [0.29, 0.717) is 6.04 Å². The normalized spacial score (nSPS) is 23.1. The van der Waals surface area contributed by atoms with Gasteiger partial charge in [-0.25, -0.2) is 4.79 Å². The standard InChI is InChI=1S/C14H27N3O/c1-2-8-16-9-11-17(12-10-16)14(18)15-13-6-4-3-5-7-13/h13H,2-12H2,1H3,(H,15,18). The van der Waals surface area contributed by atoms with Crippen LogP contribution in [0.5, 0.6) is 0 Å². The number of piperazine rings is 1. The number of carbonyl (C=O) groups is 1. The molecule has 0 aromatic heterocycles. The summed E-state index contributed by atoms with van der Waals surface area (Å²) in [6, 6.07) is 0.595. The second-order valence-corrected chi connectivity index (χ2v) is 5.61. The molecule has 1 N–H and O–H groups in total. The first-order valence-corrected chi connectivity index (χ1v) is 7.57. The van der Waals surface area contributed by atoms with Crippen molar-refractivity contribution >= 4 is 6.03 Å². The highest BCUT2D eigenvalue weighted by molar-refractivity contribution is 5.74. The van der Waals surface area contributed by atoms with Crippen LogP contribution in [0.3, 0.4) is 0 Å². The summed E-state index contributed by atoms with van der Waals surface area (Å²) < 4.78 is 0. The van der Waals surface area contributed by atoms with Gasteiger partial charge in [-0.05, 0) is 25.8 Å². The molecule has 2 rings (SSSR count). The lowest BCUT2D eigenvalue weighted by Gasteiger charge is -2.35. The molecule has 0 aromatic carbocycles. The zero-order valence-electron chi connectivity index (χ0n) is 11.7. The molecular formula is C14H27N3O. The van der Waals surface area contributed by atoms with Crippen molar-refractivity contribution in [1.82, 2.24) is 15.1 Å². The Kier molecular flexibility index (Phi) is 5.29. The Labute approximate surface area is 111 Å². The number of carbonyl (C=O) groups excluding carboxylic acids is 1. The minimum atomic E-state index is 0.165. The highest BCUT2D eigenvalue weighted by Crippen LogP contribution is 2.17. The first-order valence-electron chi connectivity index (χ1n) is 7.57. The number of hydrogen-bond donors (Lipinski definition) is 1. The van der Waals surface area contributed by atoms with Gasteiger partial charge in [0.05, 0.1) is 0 Å². The Bertz CT molecular complexity index is 256. The quantitative estimate of drug-likeness (QED) is 0.835. The van der Waals surface area contributed by atoms with Crippen molar-refractivity contribution < 1.29 is 4.79 Å². The van der Waals surface area contributed by atoms with E-state index >= 15 is 0 Å². The Morgan fingerprint density at radius 1 is 1.11 bits per heavy atom. The topological polar surface area (TPSA) is 35.6 Å². The van der Waals surface area contributed by atoms with Gasteiger partial charge in [0.15, 0.2) is 0 Å². The lowest BCUT2D eigenvalue weighted by atomic mass is 9.96. The second kappa shape index (κ2) is 6.98. The van der Waals surface area contributed by atoms with Crippen LogP contribution in [-0.2, 0) is 0 Å². The first kappa shape index (κ1) is 13.7. The van der Waals surface area contributed by atoms with E-state index in [2.05, 4.69) is 17.1 Å². The molecule has 0 bridgehead atoms. The van der Waals surface area contributed by atoms with Crippen molar-refractivity contribution in [2.24, 2.45) is 0 Å². The third-order valence-electron chi connectivity index (χ3n) is 4.13. The van der Waals surface area contributed by atoms with E-state index in [1.54, 1.807) is 0 Å². The molecule has 18 heavy (non-hydrogen) atoms. The van der Waals surface area contributed by atoms with Gasteiger partial charge in [-0.15, -0.1) is 0 Å². The summed E-state index contributed by atoms with van der Waals surface area (Å²) in [7, 11) is 0. The maximum atomic E-state index is 12.1. The second-order valence-electron chi connectivity index (χ2n) is 5.61. The van der Waals surface area contributed by atoms with E-state index in [4.69, 9.17) is 0 Å². The molecule has 1 saturated carbocycles. The summed E-state index contributed by atoms with van der Waals surface area (Å²) in [4.78, 5) is 16.6. The average Bonchev–Trinajstić information content (AvgIpc) is 2.41. The van der Waals surface area contributed by atoms with E-state index in [1.165, 1.54) is 38.5 Å². The smallest absolute Gasteiger partial charge is 0.317 e. The van der Waals surface area contributed by atoms with Crippen LogP contribution >= 0.6 is 0 Å². The van der Waals surface area contributed by atoms with Crippen molar-refractivity contribution in [3.8, 4) is 0 Å². The van der Waals surface area contributed by atoms with Crippen LogP contribution in [-0.4, -0.2) is 54.6 Å². The fraction of sp³-hybridized carbons (Fsp3) is 0.929. The van der Waals surface area contributed by atoms with Crippen LogP contribution in [0.4, 0.5) is 4.79 Å². The number of amides is 2. The number of hydrogen-bond acceptors (Lipinski definition) is 2. The third kappa shape index (κ3) is 3.87. The predicted molar refractivity (Wildman–Crippen MR) is 73.7 cm³/mol. The van der Waals surface area contributed by atoms with Gasteiger partial charge in [0.25, 0.3) is 0 Å². The lowest BCUT2D eigenvalue weighted by Crippen LogP contribution is -2.53. The molecule has 104 valence electrons. The van der Waals surface area contributed by atoms with Crippen LogP contribution in [0.25, 0.3) is 0 Å². The van der Waals surface area contributed by atoms with Crippen molar-refractivity contribution in [2.45, 2.75) is 51.5 Å². The largest absolute Gasteiger partial charge is 0.335 e. The highest BCUT2D eigenvalue weighted by atomic mass is 16.2. The highest BCUT2D eigenvalue weighted by Gasteiger charge is 2.23. The van der Waals surface area contributed by atoms with Gasteiger partial charge in [-0.1, -0.05) is 26.2 Å². The number of nitrogens with zero attached hydrogens (tertiary/aromatic N) is 2. The van der Waals surface area contributed by atoms with E-state index < -0.39 is 0 Å². The molecule has 4 heteroatoms. The molecular weight excluding hydrogens is 226 g/mol. The van der Waals surface area contributed by atoms with Gasteiger partial charge in [0.1, 0.15) is 0 Å². The molecule has 0 aromatic rings. The van der Waals surface area contributed by atoms with Crippen LogP contribution in [0.2, 0.25) is 0 Å². The lowest BCUT2D eigenvalue weighted by molar-refractivity contribution is 0.136. The SMILES string of the molecule is CCCN1CCN(C(=O)NC2CCCCC2)CC1. The van der Waals surface area contributed by atoms with Gasteiger partial charge < -0.3 is 10.2 Å². The van der Waals surface area contributed by atoms with E-state index in [1.807, 2.05) is 4.90 Å². The summed E-state index contributed by atoms with van der Waals surface area (Å²) in [5.74, 6) is 0. The molecule has 0 radical (unpaired) electrons. The number of urea groups is 1. The van der Waals surface area contributed by atoms with Crippen LogP contribution < -0.4 is 5.32 Å². The minimum absolute atomic E-state index is 0.165. The molecule has 0 spiro atoms. The Morgan fingerprint density at radius 2 is 1.78 bits per heavy atom. The fourth-order valence-corrected chi connectivity index (χ4v) is 3.00. The summed E-state index contributed by atoms with van der Waals surface area (Å²) in [5.41, 5.74) is 0.